The van der Waals surface area contributed by atoms with Crippen molar-refractivity contribution in [3.8, 4) is 5.75 Å². The van der Waals surface area contributed by atoms with Crippen LogP contribution in [0.25, 0.3) is 6.08 Å². The molecule has 0 radical (unpaired) electrons. The van der Waals surface area contributed by atoms with Gasteiger partial charge in [-0.15, -0.1) is 0 Å². The minimum Gasteiger partial charge on any atom is -0.483 e. The first kappa shape index (κ1) is 21.6. The lowest BCUT2D eigenvalue weighted by Gasteiger charge is -2.11. The van der Waals surface area contributed by atoms with Crippen LogP contribution in [0.3, 0.4) is 0 Å². The molecule has 1 heterocycles. The molecule has 2 amide bonds. The molecular weight excluding hydrogens is 398 g/mol. The molecule has 1 fully saturated rings. The molecule has 0 spiro atoms. The van der Waals surface area contributed by atoms with E-state index in [0.29, 0.717) is 28.9 Å². The van der Waals surface area contributed by atoms with Crippen molar-refractivity contribution in [1.29, 1.82) is 0 Å². The number of hydrogen-bond donors (Lipinski definition) is 1. The Hall–Kier alpha value is -3.06. The minimum absolute atomic E-state index is 0.0679. The number of rotatable bonds is 7. The highest BCUT2D eigenvalue weighted by Gasteiger charge is 2.32. The number of ether oxygens (including phenoxy) is 1. The van der Waals surface area contributed by atoms with Crippen LogP contribution in [0.4, 0.5) is 5.69 Å². The molecule has 0 aliphatic carbocycles. The lowest BCUT2D eigenvalue weighted by atomic mass is 10.2. The number of thioether (sulfide) groups is 1. The van der Waals surface area contributed by atoms with E-state index in [1.54, 1.807) is 17.0 Å². The van der Waals surface area contributed by atoms with Crippen LogP contribution in [0.2, 0.25) is 0 Å². The average molecular weight is 424 g/mol. The number of nitrogens with zero attached hydrogens (tertiary/aromatic N) is 2. The van der Waals surface area contributed by atoms with Crippen molar-refractivity contribution in [2.75, 3.05) is 25.0 Å². The molecule has 1 aliphatic rings. The number of anilines is 1. The highest BCUT2D eigenvalue weighted by atomic mass is 32.2. The summed E-state index contributed by atoms with van der Waals surface area (Å²) >= 11 is 1.36. The highest BCUT2D eigenvalue weighted by molar-refractivity contribution is 8.18. The zero-order chi connectivity index (χ0) is 21.5. The van der Waals surface area contributed by atoms with Crippen molar-refractivity contribution < 1.29 is 14.3 Å². The fraction of sp³-hybridized carbons (Fsp3) is 0.261. The molecule has 3 rings (SSSR count). The number of carbonyl (C=O) groups is 2. The first-order chi connectivity index (χ1) is 14.5. The summed E-state index contributed by atoms with van der Waals surface area (Å²) in [4.78, 5) is 31.6. The number of benzene rings is 2. The molecule has 2 aromatic carbocycles. The maximum absolute atomic E-state index is 12.7. The van der Waals surface area contributed by atoms with Crippen LogP contribution in [-0.4, -0.2) is 41.6 Å². The molecule has 0 bridgehead atoms. The van der Waals surface area contributed by atoms with Gasteiger partial charge in [-0.25, -0.2) is 0 Å². The molecule has 2 aromatic rings. The number of likely N-dealkylation sites (N-methyl/N-ethyl adjacent to an activating group) is 1. The predicted octanol–water partition coefficient (Wildman–Crippen LogP) is 4.32. The second-order valence-corrected chi connectivity index (χ2v) is 7.67. The van der Waals surface area contributed by atoms with Crippen molar-refractivity contribution in [2.45, 2.75) is 20.8 Å². The number of carbonyl (C=O) groups excluding carboxylic acids is 2. The highest BCUT2D eigenvalue weighted by Crippen LogP contribution is 2.34. The molecule has 0 saturated carbocycles. The van der Waals surface area contributed by atoms with Gasteiger partial charge in [0, 0.05) is 24.3 Å². The summed E-state index contributed by atoms with van der Waals surface area (Å²) in [6.07, 6.45) is 1.79. The largest absolute Gasteiger partial charge is 0.483 e. The van der Waals surface area contributed by atoms with Gasteiger partial charge in [0.05, 0.1) is 4.91 Å². The van der Waals surface area contributed by atoms with Crippen molar-refractivity contribution in [1.82, 2.24) is 4.90 Å². The standard InChI is InChI=1S/C23H25N3O3S/c1-4-24-23-26(5-2)22(28)20(30-23)14-17-8-6-7-9-19(17)29-15-21(27)25-18-12-10-16(3)11-13-18/h6-14H,4-5,15H2,1-3H3,(H,25,27)/b20-14+,24-23?. The second-order valence-electron chi connectivity index (χ2n) is 6.66. The first-order valence-corrected chi connectivity index (χ1v) is 10.7. The number of nitrogens with one attached hydrogen (secondary N) is 1. The van der Waals surface area contributed by atoms with Crippen LogP contribution in [0.1, 0.15) is 25.0 Å². The van der Waals surface area contributed by atoms with Gasteiger partial charge in [0.15, 0.2) is 11.8 Å². The Bertz CT molecular complexity index is 983. The fourth-order valence-electron chi connectivity index (χ4n) is 2.89. The second kappa shape index (κ2) is 10.1. The van der Waals surface area contributed by atoms with Crippen LogP contribution in [0.5, 0.6) is 5.75 Å². The van der Waals surface area contributed by atoms with Crippen LogP contribution >= 0.6 is 11.8 Å². The third kappa shape index (κ3) is 5.30. The van der Waals surface area contributed by atoms with Gasteiger partial charge in [-0.3, -0.25) is 19.5 Å². The summed E-state index contributed by atoms with van der Waals surface area (Å²) in [5.74, 6) is 0.227. The minimum atomic E-state index is -0.248. The third-order valence-electron chi connectivity index (χ3n) is 4.40. The molecule has 1 aliphatic heterocycles. The van der Waals surface area contributed by atoms with Gasteiger partial charge >= 0.3 is 0 Å². The van der Waals surface area contributed by atoms with Crippen molar-refractivity contribution in [3.05, 3.63) is 64.6 Å². The number of aryl methyl sites for hydroxylation is 1. The average Bonchev–Trinajstić information content (AvgIpc) is 3.03. The Morgan fingerprint density at radius 2 is 1.90 bits per heavy atom. The normalized spacial score (nSPS) is 16.4. The van der Waals surface area contributed by atoms with E-state index in [4.69, 9.17) is 4.74 Å². The Labute approximate surface area is 181 Å². The van der Waals surface area contributed by atoms with Gasteiger partial charge in [-0.05, 0) is 56.8 Å². The third-order valence-corrected chi connectivity index (χ3v) is 5.44. The molecule has 6 nitrogen and oxygen atoms in total. The van der Waals surface area contributed by atoms with Crippen molar-refractivity contribution >= 4 is 40.5 Å². The van der Waals surface area contributed by atoms with Gasteiger partial charge in [0.25, 0.3) is 11.8 Å². The van der Waals surface area contributed by atoms with Crippen LogP contribution in [0, 0.1) is 6.92 Å². The van der Waals surface area contributed by atoms with Gasteiger partial charge < -0.3 is 10.1 Å². The lowest BCUT2D eigenvalue weighted by molar-refractivity contribution is -0.122. The lowest BCUT2D eigenvalue weighted by Crippen LogP contribution is -2.28. The number of aliphatic imine (C=N–C) groups is 1. The zero-order valence-corrected chi connectivity index (χ0v) is 18.2. The summed E-state index contributed by atoms with van der Waals surface area (Å²) in [6.45, 7) is 6.92. The maximum Gasteiger partial charge on any atom is 0.266 e. The maximum atomic E-state index is 12.7. The monoisotopic (exact) mass is 423 g/mol. The van der Waals surface area contributed by atoms with Crippen molar-refractivity contribution in [2.24, 2.45) is 4.99 Å². The molecule has 1 N–H and O–H groups in total. The van der Waals surface area contributed by atoms with Gasteiger partial charge in [-0.1, -0.05) is 35.9 Å². The topological polar surface area (TPSA) is 71.0 Å². The predicted molar refractivity (Wildman–Crippen MR) is 123 cm³/mol. The summed E-state index contributed by atoms with van der Waals surface area (Å²) < 4.78 is 5.75. The van der Waals surface area contributed by atoms with E-state index in [2.05, 4.69) is 10.3 Å². The van der Waals surface area contributed by atoms with Crippen LogP contribution < -0.4 is 10.1 Å². The first-order valence-electron chi connectivity index (χ1n) is 9.86. The Morgan fingerprint density at radius 3 is 2.60 bits per heavy atom. The van der Waals surface area contributed by atoms with E-state index in [1.165, 1.54) is 11.8 Å². The molecule has 7 heteroatoms. The van der Waals surface area contributed by atoms with Crippen LogP contribution in [0.15, 0.2) is 58.4 Å². The van der Waals surface area contributed by atoms with Gasteiger partial charge in [0.2, 0.25) is 0 Å². The molecule has 0 unspecified atom stereocenters. The van der Waals surface area contributed by atoms with E-state index >= 15 is 0 Å². The summed E-state index contributed by atoms with van der Waals surface area (Å²) in [5.41, 5.74) is 2.59. The van der Waals surface area contributed by atoms with Crippen LogP contribution in [-0.2, 0) is 9.59 Å². The van der Waals surface area contributed by atoms with E-state index in [9.17, 15) is 9.59 Å². The SMILES string of the molecule is CCN=C1S/C(=C/c2ccccc2OCC(=O)Nc2ccc(C)cc2)C(=O)N1CC. The molecular formula is C23H25N3O3S. The molecule has 156 valence electrons. The summed E-state index contributed by atoms with van der Waals surface area (Å²) in [6, 6.07) is 14.9. The van der Waals surface area contributed by atoms with E-state index < -0.39 is 0 Å². The van der Waals surface area contributed by atoms with Gasteiger partial charge in [0.1, 0.15) is 5.75 Å². The van der Waals surface area contributed by atoms with E-state index in [1.807, 2.05) is 63.2 Å². The smallest absolute Gasteiger partial charge is 0.266 e. The Balaban J connectivity index is 1.71. The number of amides is 2. The zero-order valence-electron chi connectivity index (χ0n) is 17.3. The molecule has 1 saturated heterocycles. The molecule has 0 atom stereocenters. The number of amidine groups is 1. The van der Waals surface area contributed by atoms with E-state index in [0.717, 1.165) is 16.8 Å². The summed E-state index contributed by atoms with van der Waals surface area (Å²) in [5, 5.41) is 3.53. The van der Waals surface area contributed by atoms with Crippen molar-refractivity contribution in [3.63, 3.8) is 0 Å². The number of hydrogen-bond acceptors (Lipinski definition) is 5. The summed E-state index contributed by atoms with van der Waals surface area (Å²) in [7, 11) is 0. The molecule has 30 heavy (non-hydrogen) atoms. The van der Waals surface area contributed by atoms with E-state index in [-0.39, 0.29) is 18.4 Å². The number of para-hydroxylation sites is 1. The Morgan fingerprint density at radius 1 is 1.17 bits per heavy atom. The quantitative estimate of drug-likeness (QED) is 0.673. The Kier molecular flexibility index (Phi) is 7.30. The van der Waals surface area contributed by atoms with Gasteiger partial charge in [-0.2, -0.15) is 0 Å². The molecule has 0 aromatic heterocycles. The fourth-order valence-corrected chi connectivity index (χ4v) is 3.99.